The van der Waals surface area contributed by atoms with Crippen LogP contribution in [0.3, 0.4) is 0 Å². The van der Waals surface area contributed by atoms with Gasteiger partial charge in [0, 0.05) is 0 Å². The molecule has 2 aliphatic carbocycles. The van der Waals surface area contributed by atoms with Gasteiger partial charge in [0.2, 0.25) is 0 Å². The Morgan fingerprint density at radius 2 is 1.43 bits per heavy atom. The fraction of sp³-hybridized carbons (Fsp3) is 0.400. The predicted molar refractivity (Wildman–Crippen MR) is 87.6 cm³/mol. The number of benzene rings is 2. The molecular weight excluding hydrogens is 254 g/mol. The third-order valence-corrected chi connectivity index (χ3v) is 5.58. The van der Waals surface area contributed by atoms with Crippen molar-refractivity contribution in [3.63, 3.8) is 0 Å². The quantitative estimate of drug-likeness (QED) is 0.830. The Morgan fingerprint density at radius 1 is 0.810 bits per heavy atom. The summed E-state index contributed by atoms with van der Waals surface area (Å²) in [5.41, 5.74) is 12.2. The molecule has 0 heterocycles. The summed E-state index contributed by atoms with van der Waals surface area (Å²) in [6.07, 6.45) is 4.92. The third-order valence-electron chi connectivity index (χ3n) is 5.58. The first kappa shape index (κ1) is 13.1. The lowest BCUT2D eigenvalue weighted by molar-refractivity contribution is 0.294. The van der Waals surface area contributed by atoms with Gasteiger partial charge >= 0.3 is 0 Å². The van der Waals surface area contributed by atoms with Gasteiger partial charge in [-0.25, -0.2) is 0 Å². The van der Waals surface area contributed by atoms with Crippen LogP contribution >= 0.6 is 0 Å². The van der Waals surface area contributed by atoms with Gasteiger partial charge in [0.25, 0.3) is 0 Å². The van der Waals surface area contributed by atoms with Crippen LogP contribution in [0.1, 0.15) is 53.4 Å². The van der Waals surface area contributed by atoms with E-state index < -0.39 is 0 Å². The first-order chi connectivity index (χ1) is 10.4. The highest BCUT2D eigenvalue weighted by Crippen LogP contribution is 2.49. The SMILES string of the molecule is NCC1CCC2c3ccccc3Cc3ccccc3C2C1. The van der Waals surface area contributed by atoms with Crippen LogP contribution in [-0.2, 0) is 6.42 Å². The Bertz CT molecular complexity index is 646. The normalized spacial score (nSPS) is 27.2. The first-order valence-corrected chi connectivity index (χ1v) is 8.22. The van der Waals surface area contributed by atoms with Gasteiger partial charge < -0.3 is 5.73 Å². The summed E-state index contributed by atoms with van der Waals surface area (Å²) in [4.78, 5) is 0. The summed E-state index contributed by atoms with van der Waals surface area (Å²) in [5.74, 6) is 2.05. The molecule has 1 nitrogen and oxygen atoms in total. The average molecular weight is 277 g/mol. The Morgan fingerprint density at radius 3 is 2.10 bits per heavy atom. The van der Waals surface area contributed by atoms with Crippen LogP contribution in [0.4, 0.5) is 0 Å². The van der Waals surface area contributed by atoms with Crippen molar-refractivity contribution in [2.24, 2.45) is 11.7 Å². The largest absolute Gasteiger partial charge is 0.330 e. The number of nitrogens with two attached hydrogens (primary N) is 1. The van der Waals surface area contributed by atoms with Crippen molar-refractivity contribution in [2.75, 3.05) is 6.54 Å². The van der Waals surface area contributed by atoms with Gasteiger partial charge in [0.05, 0.1) is 0 Å². The molecular formula is C20H23N. The van der Waals surface area contributed by atoms with Gasteiger partial charge in [0.1, 0.15) is 0 Å². The van der Waals surface area contributed by atoms with E-state index in [0.717, 1.165) is 13.0 Å². The number of hydrogen-bond donors (Lipinski definition) is 1. The van der Waals surface area contributed by atoms with E-state index in [1.165, 1.54) is 30.4 Å². The van der Waals surface area contributed by atoms with Crippen molar-refractivity contribution < 1.29 is 0 Å². The maximum atomic E-state index is 5.98. The van der Waals surface area contributed by atoms with Gasteiger partial charge in [-0.1, -0.05) is 48.5 Å². The van der Waals surface area contributed by atoms with Gasteiger partial charge in [-0.2, -0.15) is 0 Å². The molecule has 0 spiro atoms. The highest BCUT2D eigenvalue weighted by atomic mass is 14.6. The monoisotopic (exact) mass is 277 g/mol. The summed E-state index contributed by atoms with van der Waals surface area (Å²) < 4.78 is 0. The van der Waals surface area contributed by atoms with Gasteiger partial charge in [0.15, 0.2) is 0 Å². The zero-order valence-corrected chi connectivity index (χ0v) is 12.5. The van der Waals surface area contributed by atoms with Gasteiger partial charge in [-0.15, -0.1) is 0 Å². The van der Waals surface area contributed by atoms with E-state index in [2.05, 4.69) is 48.5 Å². The van der Waals surface area contributed by atoms with Crippen molar-refractivity contribution in [2.45, 2.75) is 37.5 Å². The maximum absolute atomic E-state index is 5.98. The number of hydrogen-bond acceptors (Lipinski definition) is 1. The van der Waals surface area contributed by atoms with Crippen molar-refractivity contribution in [1.29, 1.82) is 0 Å². The summed E-state index contributed by atoms with van der Waals surface area (Å²) in [5, 5.41) is 0. The number of rotatable bonds is 1. The van der Waals surface area contributed by atoms with Crippen LogP contribution in [0, 0.1) is 5.92 Å². The molecule has 0 radical (unpaired) electrons. The lowest BCUT2D eigenvalue weighted by Crippen LogP contribution is -2.26. The second kappa shape index (κ2) is 5.31. The van der Waals surface area contributed by atoms with E-state index in [1.54, 1.807) is 11.1 Å². The summed E-state index contributed by atoms with van der Waals surface area (Å²) in [6, 6.07) is 18.2. The maximum Gasteiger partial charge on any atom is -0.00201 e. The highest BCUT2D eigenvalue weighted by molar-refractivity contribution is 5.45. The standard InChI is InChI=1S/C20H23N/c21-13-14-9-10-19-17-7-3-1-5-15(17)12-16-6-2-4-8-18(16)20(19)11-14/h1-8,14,19-20H,9-13,21H2. The molecule has 1 saturated carbocycles. The van der Waals surface area contributed by atoms with Gasteiger partial charge in [-0.05, 0) is 72.2 Å². The Hall–Kier alpha value is -1.60. The van der Waals surface area contributed by atoms with E-state index in [0.29, 0.717) is 17.8 Å². The Kier molecular flexibility index (Phi) is 3.31. The van der Waals surface area contributed by atoms with E-state index in [-0.39, 0.29) is 0 Å². The van der Waals surface area contributed by atoms with Crippen LogP contribution in [0.2, 0.25) is 0 Å². The minimum Gasteiger partial charge on any atom is -0.330 e. The molecule has 108 valence electrons. The molecule has 4 rings (SSSR count). The Labute approximate surface area is 127 Å². The molecule has 0 aliphatic heterocycles. The van der Waals surface area contributed by atoms with E-state index in [9.17, 15) is 0 Å². The molecule has 2 aromatic rings. The molecule has 0 bridgehead atoms. The van der Waals surface area contributed by atoms with Gasteiger partial charge in [-0.3, -0.25) is 0 Å². The number of fused-ring (bicyclic) bond motifs is 5. The minimum absolute atomic E-state index is 0.659. The third kappa shape index (κ3) is 2.20. The lowest BCUT2D eigenvalue weighted by atomic mass is 9.68. The van der Waals surface area contributed by atoms with Crippen LogP contribution in [0.15, 0.2) is 48.5 Å². The smallest absolute Gasteiger partial charge is 0.00201 e. The van der Waals surface area contributed by atoms with Crippen LogP contribution in [0.25, 0.3) is 0 Å². The molecule has 1 heteroatoms. The molecule has 2 aliphatic rings. The molecule has 0 amide bonds. The molecule has 2 aromatic carbocycles. The van der Waals surface area contributed by atoms with Crippen LogP contribution in [0.5, 0.6) is 0 Å². The van der Waals surface area contributed by atoms with Crippen molar-refractivity contribution >= 4 is 0 Å². The van der Waals surface area contributed by atoms with Crippen LogP contribution < -0.4 is 5.73 Å². The molecule has 0 aromatic heterocycles. The van der Waals surface area contributed by atoms with E-state index in [1.807, 2.05) is 0 Å². The van der Waals surface area contributed by atoms with Crippen molar-refractivity contribution in [1.82, 2.24) is 0 Å². The summed E-state index contributed by atoms with van der Waals surface area (Å²) in [6.45, 7) is 0.840. The predicted octanol–water partition coefficient (Wildman–Crippen LogP) is 4.22. The fourth-order valence-electron chi connectivity index (χ4n) is 4.51. The molecule has 3 unspecified atom stereocenters. The second-order valence-corrected chi connectivity index (χ2v) is 6.70. The second-order valence-electron chi connectivity index (χ2n) is 6.70. The Balaban J connectivity index is 1.86. The molecule has 0 saturated heterocycles. The van der Waals surface area contributed by atoms with Crippen LogP contribution in [-0.4, -0.2) is 6.54 Å². The van der Waals surface area contributed by atoms with E-state index in [4.69, 9.17) is 5.73 Å². The fourth-order valence-corrected chi connectivity index (χ4v) is 4.51. The molecule has 1 fully saturated rings. The first-order valence-electron chi connectivity index (χ1n) is 8.22. The lowest BCUT2D eigenvalue weighted by Gasteiger charge is -2.36. The van der Waals surface area contributed by atoms with E-state index >= 15 is 0 Å². The zero-order chi connectivity index (χ0) is 14.2. The average Bonchev–Trinajstić information content (AvgIpc) is 2.69. The topological polar surface area (TPSA) is 26.0 Å². The summed E-state index contributed by atoms with van der Waals surface area (Å²) >= 11 is 0. The molecule has 21 heavy (non-hydrogen) atoms. The zero-order valence-electron chi connectivity index (χ0n) is 12.5. The minimum atomic E-state index is 0.659. The molecule has 3 atom stereocenters. The summed E-state index contributed by atoms with van der Waals surface area (Å²) in [7, 11) is 0. The van der Waals surface area contributed by atoms with Crippen molar-refractivity contribution in [3.05, 3.63) is 70.8 Å². The highest BCUT2D eigenvalue weighted by Gasteiger charge is 2.35. The molecule has 2 N–H and O–H groups in total. The van der Waals surface area contributed by atoms with Crippen molar-refractivity contribution in [3.8, 4) is 0 Å².